The molecule has 1 aromatic carbocycles. The molecule has 0 fully saturated rings. The van der Waals surface area contributed by atoms with Gasteiger partial charge >= 0.3 is 17.1 Å². The van der Waals surface area contributed by atoms with Crippen LogP contribution in [-0.2, 0) is 42.5 Å². The van der Waals surface area contributed by atoms with E-state index in [1.165, 1.54) is 24.5 Å². The van der Waals surface area contributed by atoms with Gasteiger partial charge in [-0.2, -0.15) is 31.3 Å². The first kappa shape index (κ1) is 38.5. The number of isocyanates is 1. The number of nitrogens with one attached hydrogen (secondary N) is 1. The van der Waals surface area contributed by atoms with Crippen molar-refractivity contribution in [2.75, 3.05) is 11.9 Å². The minimum atomic E-state index is -6.72. The lowest BCUT2D eigenvalue weighted by Crippen LogP contribution is -2.33. The van der Waals surface area contributed by atoms with E-state index in [1.807, 2.05) is 0 Å². The van der Waals surface area contributed by atoms with Crippen LogP contribution in [-0.4, -0.2) is 46.6 Å². The Labute approximate surface area is 250 Å². The highest BCUT2D eigenvalue weighted by Crippen LogP contribution is 2.36. The maximum atomic E-state index is 11.8. The van der Waals surface area contributed by atoms with Crippen molar-refractivity contribution in [3.63, 3.8) is 0 Å². The van der Waals surface area contributed by atoms with E-state index < -0.39 is 37.2 Å². The topological polar surface area (TPSA) is 154 Å². The monoisotopic (exact) mass is 676 g/mol. The first-order chi connectivity index (χ1) is 20.4. The van der Waals surface area contributed by atoms with Gasteiger partial charge in [0.2, 0.25) is 6.08 Å². The average molecular weight is 677 g/mol. The first-order valence-electron chi connectivity index (χ1n) is 12.9. The second-order valence-corrected chi connectivity index (χ2v) is 12.3. The number of hydrogen-bond donors (Lipinski definition) is 1. The number of aryl methyl sites for hydroxylation is 2. The van der Waals surface area contributed by atoms with E-state index in [9.17, 15) is 52.8 Å². The van der Waals surface area contributed by atoms with Gasteiger partial charge in [0.1, 0.15) is 6.54 Å². The zero-order valence-corrected chi connectivity index (χ0v) is 24.9. The molecular weight excluding hydrogens is 646 g/mol. The van der Waals surface area contributed by atoms with Crippen molar-refractivity contribution in [1.82, 2.24) is 0 Å². The van der Waals surface area contributed by atoms with Crippen LogP contribution in [0.15, 0.2) is 53.8 Å². The van der Waals surface area contributed by atoms with E-state index in [-0.39, 0.29) is 0 Å². The summed E-state index contributed by atoms with van der Waals surface area (Å²) in [4.78, 5) is 25.5. The summed E-state index contributed by atoms with van der Waals surface area (Å²) in [5.41, 5.74) is -9.92. The fourth-order valence-corrected chi connectivity index (χ4v) is 4.91. The Morgan fingerprint density at radius 1 is 0.932 bits per heavy atom. The third-order valence-electron chi connectivity index (χ3n) is 5.35. The molecule has 2 aromatic rings. The lowest BCUT2D eigenvalue weighted by atomic mass is 10.1. The van der Waals surface area contributed by atoms with Crippen LogP contribution in [0, 0.1) is 0 Å². The molecule has 0 saturated carbocycles. The number of ether oxygens (including phenoxy) is 1. The van der Waals surface area contributed by atoms with Crippen LogP contribution in [0.3, 0.4) is 0 Å². The molecule has 19 heteroatoms. The predicted octanol–water partition coefficient (Wildman–Crippen LogP) is 6.15. The number of unbranched alkanes of at least 4 members (excludes halogenated alkanes) is 4. The van der Waals surface area contributed by atoms with Crippen LogP contribution in [0.25, 0.3) is 4.13 Å². The van der Waals surface area contributed by atoms with E-state index in [2.05, 4.69) is 46.3 Å². The zero-order valence-electron chi connectivity index (χ0n) is 23.3. The van der Waals surface area contributed by atoms with Crippen LogP contribution in [0.2, 0.25) is 0 Å². The lowest BCUT2D eigenvalue weighted by Gasteiger charge is -2.22. The molecule has 0 radical (unpaired) electrons. The summed E-state index contributed by atoms with van der Waals surface area (Å²) in [5.74, 6) is 0. The second kappa shape index (κ2) is 17.7. The van der Waals surface area contributed by atoms with Crippen molar-refractivity contribution in [2.45, 2.75) is 69.4 Å². The second-order valence-electron chi connectivity index (χ2n) is 8.89. The Hall–Kier alpha value is -3.54. The maximum absolute atomic E-state index is 11.8. The van der Waals surface area contributed by atoms with Crippen LogP contribution >= 0.6 is 0 Å². The van der Waals surface area contributed by atoms with Crippen LogP contribution in [0.5, 0.6) is 0 Å². The Kier molecular flexibility index (Phi) is 15.5. The number of aromatic nitrogens is 1. The number of nitrogens with zero attached hydrogens (tertiary/aromatic N) is 3. The number of pyridine rings is 1. The normalized spacial score (nSPS) is 12.0. The number of aliphatic imine (C=N–C) groups is 1. The molecule has 0 aliphatic heterocycles. The van der Waals surface area contributed by atoms with E-state index >= 15 is 0 Å². The molecule has 11 nitrogen and oxygen atoms in total. The van der Waals surface area contributed by atoms with Crippen molar-refractivity contribution >= 4 is 43.6 Å². The van der Waals surface area contributed by atoms with Crippen molar-refractivity contribution in [2.24, 2.45) is 4.99 Å². The van der Waals surface area contributed by atoms with E-state index in [0.29, 0.717) is 18.0 Å². The quantitative estimate of drug-likeness (QED) is 0.0828. The molecule has 0 spiro atoms. The average Bonchev–Trinajstić information content (AvgIpc) is 2.91. The molecule has 0 bridgehead atoms. The highest BCUT2D eigenvalue weighted by Gasteiger charge is 2.46. The first-order valence-corrected chi connectivity index (χ1v) is 15.8. The Morgan fingerprint density at radius 2 is 1.52 bits per heavy atom. The lowest BCUT2D eigenvalue weighted by molar-refractivity contribution is -0.697. The molecule has 2 rings (SSSR count). The fraction of sp³-hybridized carbons (Fsp3) is 0.480. The van der Waals surface area contributed by atoms with Gasteiger partial charge < -0.3 is 8.86 Å². The van der Waals surface area contributed by atoms with E-state index in [1.54, 1.807) is 24.3 Å². The highest BCUT2D eigenvalue weighted by molar-refractivity contribution is 8.13. The van der Waals surface area contributed by atoms with Gasteiger partial charge in [0.25, 0.3) is 0 Å². The Morgan fingerprint density at radius 3 is 2.07 bits per heavy atom. The summed E-state index contributed by atoms with van der Waals surface area (Å²) in [6, 6.07) is 10.9. The van der Waals surface area contributed by atoms with Crippen molar-refractivity contribution in [1.29, 1.82) is 0 Å². The number of hydrogen-bond acceptors (Lipinski definition) is 8. The smallest absolute Gasteiger partial charge is 0.449 e. The number of anilines is 1. The standard InChI is InChI=1S/C23H29N3O3.C2F6NO4S2/c1-2-3-9-20-10-8-16-26(18-20)15-6-4-5-7-17-29-23(28)25-22-13-11-21(12-14-22)24-19-27;3-1(4,5)14(10,11)9-15(12,13)2(6,7)8/h8,10-14,16,18H,2-7,9,15,17H2,1H3;/q;-1/p+1. The molecule has 0 saturated heterocycles. The summed E-state index contributed by atoms with van der Waals surface area (Å²) in [5, 5.41) is 2.65. The van der Waals surface area contributed by atoms with Crippen LogP contribution in [0.4, 0.5) is 42.5 Å². The number of carbonyl (C=O) groups is 1. The SMILES string of the molecule is CCCCc1ccc[n+](CCCCCCOC(=O)Nc2ccc(N=C=O)cc2)c1.O=S(=O)([N-]S(=O)(=O)C(F)(F)F)C(F)(F)F. The highest BCUT2D eigenvalue weighted by atomic mass is 32.3. The number of halogens is 6. The van der Waals surface area contributed by atoms with Gasteiger partial charge in [-0.25, -0.2) is 31.0 Å². The minimum absolute atomic E-state index is 0.402. The zero-order chi connectivity index (χ0) is 33.4. The number of alkyl halides is 6. The number of sulfonamides is 2. The fourth-order valence-electron chi connectivity index (χ4n) is 3.20. The van der Waals surface area contributed by atoms with E-state index in [0.717, 1.165) is 42.8 Å². The molecule has 44 heavy (non-hydrogen) atoms. The molecule has 246 valence electrons. The molecule has 1 aromatic heterocycles. The molecule has 0 aliphatic carbocycles. The molecule has 0 aliphatic rings. The number of carbonyl (C=O) groups excluding carboxylic acids is 2. The van der Waals surface area contributed by atoms with Crippen LogP contribution < -0.4 is 9.88 Å². The number of rotatable bonds is 14. The summed E-state index contributed by atoms with van der Waals surface area (Å²) in [6.45, 7) is 3.64. The van der Waals surface area contributed by atoms with Gasteiger partial charge in [0, 0.05) is 23.7 Å². The van der Waals surface area contributed by atoms with Gasteiger partial charge in [-0.05, 0) is 62.4 Å². The summed E-state index contributed by atoms with van der Waals surface area (Å²) in [7, 11) is -13.4. The van der Waals surface area contributed by atoms with Gasteiger partial charge in [-0.15, -0.1) is 0 Å². The minimum Gasteiger partial charge on any atom is -0.449 e. The molecule has 1 heterocycles. The third kappa shape index (κ3) is 14.3. The van der Waals surface area contributed by atoms with Gasteiger partial charge in [-0.1, -0.05) is 13.3 Å². The Balaban J connectivity index is 0.000000546. The molecule has 1 N–H and O–H groups in total. The van der Waals surface area contributed by atoms with Crippen molar-refractivity contribution < 1.29 is 62.1 Å². The number of benzene rings is 1. The summed E-state index contributed by atoms with van der Waals surface area (Å²) < 4.78 is 117. The maximum Gasteiger partial charge on any atom is 0.480 e. The summed E-state index contributed by atoms with van der Waals surface area (Å²) in [6.07, 6.45) is 13.1. The van der Waals surface area contributed by atoms with Gasteiger partial charge in [-0.3, -0.25) is 5.32 Å². The molecule has 0 atom stereocenters. The summed E-state index contributed by atoms with van der Waals surface area (Å²) >= 11 is 0. The number of amides is 1. The van der Waals surface area contributed by atoms with E-state index in [4.69, 9.17) is 4.74 Å². The van der Waals surface area contributed by atoms with Gasteiger partial charge in [0.15, 0.2) is 32.4 Å². The molecular formula is C25H30F6N4O7S2. The third-order valence-corrected chi connectivity index (χ3v) is 8.09. The molecule has 1 amide bonds. The molecule has 0 unspecified atom stereocenters. The van der Waals surface area contributed by atoms with Crippen molar-refractivity contribution in [3.05, 3.63) is 58.5 Å². The largest absolute Gasteiger partial charge is 0.480 e. The van der Waals surface area contributed by atoms with Crippen molar-refractivity contribution in [3.8, 4) is 0 Å². The van der Waals surface area contributed by atoms with Crippen LogP contribution in [0.1, 0.15) is 51.0 Å². The Bertz CT molecular complexity index is 1420. The van der Waals surface area contributed by atoms with Gasteiger partial charge in [0.05, 0.1) is 12.3 Å². The predicted molar refractivity (Wildman–Crippen MR) is 146 cm³/mol.